The molecule has 22 heavy (non-hydrogen) atoms. The highest BCUT2D eigenvalue weighted by molar-refractivity contribution is 5.28. The summed E-state index contributed by atoms with van der Waals surface area (Å²) in [7, 11) is 3.40. The van der Waals surface area contributed by atoms with Crippen molar-refractivity contribution >= 4 is 0 Å². The monoisotopic (exact) mass is 300 g/mol. The number of ether oxygens (including phenoxy) is 2. The molecule has 2 rings (SSSR count). The van der Waals surface area contributed by atoms with Crippen molar-refractivity contribution in [1.29, 1.82) is 0 Å². The zero-order valence-electron chi connectivity index (χ0n) is 13.7. The molecule has 0 unspecified atom stereocenters. The van der Waals surface area contributed by atoms with Gasteiger partial charge in [0.15, 0.2) is 0 Å². The van der Waals surface area contributed by atoms with E-state index in [1.165, 1.54) is 11.1 Å². The fraction of sp³-hybridized carbons (Fsp3) is 0.368. The summed E-state index contributed by atoms with van der Waals surface area (Å²) in [4.78, 5) is 0. The third kappa shape index (κ3) is 5.08. The highest BCUT2D eigenvalue weighted by atomic mass is 16.5. The topological polar surface area (TPSA) is 35.1 Å². The molecule has 0 aliphatic carbocycles. The van der Waals surface area contributed by atoms with E-state index in [1.807, 2.05) is 24.3 Å². The predicted octanol–water partition coefficient (Wildman–Crippen LogP) is 2.44. The first kappa shape index (κ1) is 16.4. The Hall–Kier alpha value is -2.00. The van der Waals surface area contributed by atoms with Crippen molar-refractivity contribution in [3.63, 3.8) is 0 Å². The van der Waals surface area contributed by atoms with Crippen LogP contribution in [0.4, 0.5) is 0 Å². The summed E-state index contributed by atoms with van der Waals surface area (Å²) in [5, 5.41) is 2.41. The molecule has 2 N–H and O–H groups in total. The zero-order chi connectivity index (χ0) is 15.8. The third-order valence-corrected chi connectivity index (χ3v) is 3.88. The highest BCUT2D eigenvalue weighted by Gasteiger charge is 2.06. The molecule has 0 heterocycles. The normalized spacial score (nSPS) is 12.0. The van der Waals surface area contributed by atoms with Gasteiger partial charge >= 0.3 is 0 Å². The fourth-order valence-corrected chi connectivity index (χ4v) is 2.54. The Kier molecular flexibility index (Phi) is 6.28. The standard InChI is InChI=1S/C19H25NO2/c1-15(14-17-6-10-19(22-3)11-7-17)20-13-12-16-4-8-18(21-2)9-5-16/h4-11,15,20H,12-14H2,1-3H3/p+1/t15-/m0/s1. The summed E-state index contributed by atoms with van der Waals surface area (Å²) in [6.45, 7) is 3.38. The number of rotatable bonds is 8. The minimum Gasteiger partial charge on any atom is -0.497 e. The Bertz CT molecular complexity index is 549. The van der Waals surface area contributed by atoms with Crippen LogP contribution in [0.5, 0.6) is 11.5 Å². The fourth-order valence-electron chi connectivity index (χ4n) is 2.54. The van der Waals surface area contributed by atoms with Crippen LogP contribution in [0.15, 0.2) is 48.5 Å². The molecule has 0 aliphatic heterocycles. The number of hydrogen-bond acceptors (Lipinski definition) is 2. The van der Waals surface area contributed by atoms with Crippen LogP contribution >= 0.6 is 0 Å². The van der Waals surface area contributed by atoms with Crippen LogP contribution in [0.3, 0.4) is 0 Å². The van der Waals surface area contributed by atoms with Crippen LogP contribution in [0.1, 0.15) is 18.1 Å². The van der Waals surface area contributed by atoms with Crippen LogP contribution in [-0.2, 0) is 12.8 Å². The highest BCUT2D eigenvalue weighted by Crippen LogP contribution is 2.12. The van der Waals surface area contributed by atoms with E-state index in [0.29, 0.717) is 6.04 Å². The smallest absolute Gasteiger partial charge is 0.118 e. The Morgan fingerprint density at radius 3 is 1.82 bits per heavy atom. The second-order valence-corrected chi connectivity index (χ2v) is 5.65. The number of nitrogens with two attached hydrogens (primary N) is 1. The summed E-state index contributed by atoms with van der Waals surface area (Å²) in [6, 6.07) is 17.2. The van der Waals surface area contributed by atoms with Crippen molar-refractivity contribution < 1.29 is 14.8 Å². The SMILES string of the molecule is COc1ccc(CC[NH2+][C@@H](C)Cc2ccc(OC)cc2)cc1. The Morgan fingerprint density at radius 2 is 1.32 bits per heavy atom. The van der Waals surface area contributed by atoms with E-state index in [2.05, 4.69) is 36.5 Å². The van der Waals surface area contributed by atoms with Gasteiger partial charge in [-0.25, -0.2) is 0 Å². The lowest BCUT2D eigenvalue weighted by atomic mass is 10.1. The van der Waals surface area contributed by atoms with Gasteiger partial charge in [-0.1, -0.05) is 24.3 Å². The average Bonchev–Trinajstić information content (AvgIpc) is 2.56. The van der Waals surface area contributed by atoms with Crippen LogP contribution < -0.4 is 14.8 Å². The first-order valence-electron chi connectivity index (χ1n) is 7.80. The molecule has 118 valence electrons. The van der Waals surface area contributed by atoms with E-state index in [9.17, 15) is 0 Å². The van der Waals surface area contributed by atoms with E-state index >= 15 is 0 Å². The lowest BCUT2D eigenvalue weighted by molar-refractivity contribution is -0.685. The first-order valence-corrected chi connectivity index (χ1v) is 7.80. The van der Waals surface area contributed by atoms with Crippen LogP contribution in [-0.4, -0.2) is 26.8 Å². The molecule has 2 aromatic rings. The van der Waals surface area contributed by atoms with Gasteiger partial charge in [0, 0.05) is 12.8 Å². The van der Waals surface area contributed by atoms with Gasteiger partial charge in [0.2, 0.25) is 0 Å². The number of methoxy groups -OCH3 is 2. The van der Waals surface area contributed by atoms with E-state index in [-0.39, 0.29) is 0 Å². The van der Waals surface area contributed by atoms with Crippen molar-refractivity contribution in [3.8, 4) is 11.5 Å². The summed E-state index contributed by atoms with van der Waals surface area (Å²) in [5.74, 6) is 1.83. The lowest BCUT2D eigenvalue weighted by Crippen LogP contribution is -2.90. The molecule has 0 radical (unpaired) electrons. The van der Waals surface area contributed by atoms with Gasteiger partial charge in [-0.15, -0.1) is 0 Å². The minimum atomic E-state index is 0.576. The van der Waals surface area contributed by atoms with Gasteiger partial charge in [0.05, 0.1) is 26.8 Å². The van der Waals surface area contributed by atoms with Crippen molar-refractivity contribution in [1.82, 2.24) is 0 Å². The van der Waals surface area contributed by atoms with E-state index in [0.717, 1.165) is 30.9 Å². The summed E-state index contributed by atoms with van der Waals surface area (Å²) < 4.78 is 10.4. The Morgan fingerprint density at radius 1 is 0.818 bits per heavy atom. The average molecular weight is 300 g/mol. The summed E-state index contributed by atoms with van der Waals surface area (Å²) in [5.41, 5.74) is 2.71. The maximum absolute atomic E-state index is 5.19. The maximum atomic E-state index is 5.19. The molecule has 0 fully saturated rings. The maximum Gasteiger partial charge on any atom is 0.118 e. The molecule has 0 bridgehead atoms. The molecule has 0 amide bonds. The summed E-state index contributed by atoms with van der Waals surface area (Å²) >= 11 is 0. The van der Waals surface area contributed by atoms with Gasteiger partial charge in [-0.05, 0) is 42.3 Å². The van der Waals surface area contributed by atoms with Gasteiger partial charge in [-0.2, -0.15) is 0 Å². The molecule has 0 saturated carbocycles. The Labute approximate surface area is 133 Å². The molecular formula is C19H26NO2+. The van der Waals surface area contributed by atoms with Gasteiger partial charge < -0.3 is 14.8 Å². The quantitative estimate of drug-likeness (QED) is 0.812. The van der Waals surface area contributed by atoms with Crippen molar-refractivity contribution in [2.75, 3.05) is 20.8 Å². The molecule has 0 spiro atoms. The van der Waals surface area contributed by atoms with E-state index in [4.69, 9.17) is 9.47 Å². The van der Waals surface area contributed by atoms with E-state index in [1.54, 1.807) is 14.2 Å². The molecule has 0 saturated heterocycles. The van der Waals surface area contributed by atoms with Gasteiger partial charge in [0.25, 0.3) is 0 Å². The van der Waals surface area contributed by atoms with E-state index < -0.39 is 0 Å². The third-order valence-electron chi connectivity index (χ3n) is 3.88. The van der Waals surface area contributed by atoms with Gasteiger partial charge in [-0.3, -0.25) is 0 Å². The molecule has 2 aromatic carbocycles. The first-order chi connectivity index (χ1) is 10.7. The van der Waals surface area contributed by atoms with Crippen LogP contribution in [0.2, 0.25) is 0 Å². The molecule has 1 atom stereocenters. The molecular weight excluding hydrogens is 274 g/mol. The summed E-state index contributed by atoms with van der Waals surface area (Å²) in [6.07, 6.45) is 2.16. The Balaban J connectivity index is 1.73. The predicted molar refractivity (Wildman–Crippen MR) is 89.7 cm³/mol. The molecule has 0 aromatic heterocycles. The van der Waals surface area contributed by atoms with Gasteiger partial charge in [0.1, 0.15) is 11.5 Å². The molecule has 3 nitrogen and oxygen atoms in total. The largest absolute Gasteiger partial charge is 0.497 e. The van der Waals surface area contributed by atoms with Crippen molar-refractivity contribution in [3.05, 3.63) is 59.7 Å². The molecule has 0 aliphatic rings. The molecule has 3 heteroatoms. The zero-order valence-corrected chi connectivity index (χ0v) is 13.7. The number of benzene rings is 2. The minimum absolute atomic E-state index is 0.576. The van der Waals surface area contributed by atoms with Crippen molar-refractivity contribution in [2.24, 2.45) is 0 Å². The van der Waals surface area contributed by atoms with Crippen LogP contribution in [0.25, 0.3) is 0 Å². The second kappa shape index (κ2) is 8.44. The number of hydrogen-bond donors (Lipinski definition) is 1. The van der Waals surface area contributed by atoms with Crippen LogP contribution in [0, 0.1) is 0 Å². The number of quaternary nitrogens is 1. The van der Waals surface area contributed by atoms with Crippen molar-refractivity contribution in [2.45, 2.75) is 25.8 Å². The second-order valence-electron chi connectivity index (χ2n) is 5.65. The lowest BCUT2D eigenvalue weighted by Gasteiger charge is -2.11.